The van der Waals surface area contributed by atoms with E-state index < -0.39 is 11.6 Å². The van der Waals surface area contributed by atoms with Crippen molar-refractivity contribution in [2.75, 3.05) is 19.6 Å². The lowest BCUT2D eigenvalue weighted by Crippen LogP contribution is -2.47. The van der Waals surface area contributed by atoms with Crippen LogP contribution in [0.15, 0.2) is 18.2 Å². The van der Waals surface area contributed by atoms with Gasteiger partial charge in [-0.25, -0.2) is 8.78 Å². The normalized spacial score (nSPS) is 22.3. The number of benzene rings is 1. The Balaban J connectivity index is 1.61. The summed E-state index contributed by atoms with van der Waals surface area (Å²) in [7, 11) is 0. The van der Waals surface area contributed by atoms with Gasteiger partial charge in [-0.3, -0.25) is 9.59 Å². The van der Waals surface area contributed by atoms with E-state index in [1.165, 1.54) is 0 Å². The number of rotatable bonds is 3. The third-order valence-electron chi connectivity index (χ3n) is 4.73. The Labute approximate surface area is 133 Å². The van der Waals surface area contributed by atoms with Crippen molar-refractivity contribution in [3.8, 4) is 0 Å². The molecule has 1 aromatic rings. The Bertz CT molecular complexity index is 607. The quantitative estimate of drug-likeness (QED) is 0.868. The number of nitrogens with zero attached hydrogens (tertiary/aromatic N) is 1. The smallest absolute Gasteiger partial charge is 0.239 e. The van der Waals surface area contributed by atoms with Gasteiger partial charge in [0.2, 0.25) is 5.91 Å². The van der Waals surface area contributed by atoms with Crippen molar-refractivity contribution in [3.05, 3.63) is 35.4 Å². The van der Waals surface area contributed by atoms with Crippen molar-refractivity contribution in [2.45, 2.75) is 31.7 Å². The van der Waals surface area contributed by atoms with Gasteiger partial charge in [-0.05, 0) is 50.4 Å². The van der Waals surface area contributed by atoms with Gasteiger partial charge in [-0.15, -0.1) is 0 Å². The average Bonchev–Trinajstić information content (AvgIpc) is 3.10. The molecule has 1 amide bonds. The molecule has 0 aliphatic carbocycles. The molecule has 0 saturated carbocycles. The van der Waals surface area contributed by atoms with Gasteiger partial charge in [-0.2, -0.15) is 0 Å². The molecule has 23 heavy (non-hydrogen) atoms. The highest BCUT2D eigenvalue weighted by Gasteiger charge is 2.32. The van der Waals surface area contributed by atoms with Gasteiger partial charge in [0, 0.05) is 19.0 Å². The molecule has 0 radical (unpaired) electrons. The van der Waals surface area contributed by atoms with E-state index in [0.717, 1.165) is 37.6 Å². The van der Waals surface area contributed by atoms with Gasteiger partial charge in [0.15, 0.2) is 5.78 Å². The fourth-order valence-corrected chi connectivity index (χ4v) is 3.38. The highest BCUT2D eigenvalue weighted by molar-refractivity contribution is 5.98. The van der Waals surface area contributed by atoms with Crippen LogP contribution in [0.4, 0.5) is 8.78 Å². The second-order valence-corrected chi connectivity index (χ2v) is 6.24. The van der Waals surface area contributed by atoms with Crippen LogP contribution >= 0.6 is 0 Å². The first-order chi connectivity index (χ1) is 11.1. The Morgan fingerprint density at radius 1 is 1.13 bits per heavy atom. The molecular formula is C17H20F2N2O2. The van der Waals surface area contributed by atoms with E-state index in [1.54, 1.807) is 4.90 Å². The Morgan fingerprint density at radius 3 is 2.52 bits per heavy atom. The van der Waals surface area contributed by atoms with E-state index in [4.69, 9.17) is 0 Å². The molecule has 1 unspecified atom stereocenters. The van der Waals surface area contributed by atoms with E-state index in [2.05, 4.69) is 5.32 Å². The maximum absolute atomic E-state index is 13.7. The molecule has 6 heteroatoms. The molecule has 1 atom stereocenters. The summed E-state index contributed by atoms with van der Waals surface area (Å²) in [5, 5.41) is 3.18. The first-order valence-corrected chi connectivity index (χ1v) is 8.07. The van der Waals surface area contributed by atoms with Crippen LogP contribution < -0.4 is 5.32 Å². The minimum Gasteiger partial charge on any atom is -0.341 e. The molecule has 124 valence electrons. The molecule has 0 bridgehead atoms. The summed E-state index contributed by atoms with van der Waals surface area (Å²) in [6, 6.07) is 2.83. The van der Waals surface area contributed by atoms with Crippen molar-refractivity contribution < 1.29 is 18.4 Å². The van der Waals surface area contributed by atoms with Crippen LogP contribution in [0.1, 0.15) is 36.0 Å². The SMILES string of the molecule is O=C(c1cc(F)ccc1F)C1CCN(C(=O)C2CCCN2)CC1. The van der Waals surface area contributed by atoms with Crippen LogP contribution in [0.5, 0.6) is 0 Å². The number of amides is 1. The lowest BCUT2D eigenvalue weighted by Gasteiger charge is -2.33. The maximum atomic E-state index is 13.7. The third kappa shape index (κ3) is 3.42. The number of carbonyl (C=O) groups excluding carboxylic acids is 2. The van der Waals surface area contributed by atoms with Gasteiger partial charge in [-0.1, -0.05) is 0 Å². The predicted octanol–water partition coefficient (Wildman–Crippen LogP) is 2.14. The summed E-state index contributed by atoms with van der Waals surface area (Å²) < 4.78 is 27.0. The van der Waals surface area contributed by atoms with E-state index in [1.807, 2.05) is 0 Å². The lowest BCUT2D eigenvalue weighted by molar-refractivity contribution is -0.134. The van der Waals surface area contributed by atoms with Crippen LogP contribution in [0.3, 0.4) is 0 Å². The van der Waals surface area contributed by atoms with Gasteiger partial charge in [0.1, 0.15) is 11.6 Å². The van der Waals surface area contributed by atoms with Crippen LogP contribution in [-0.4, -0.2) is 42.3 Å². The standard InChI is InChI=1S/C17H20F2N2O2/c18-12-3-4-14(19)13(10-12)16(22)11-5-8-21(9-6-11)17(23)15-2-1-7-20-15/h3-4,10-11,15,20H,1-2,5-9H2. The van der Waals surface area contributed by atoms with E-state index in [9.17, 15) is 18.4 Å². The van der Waals surface area contributed by atoms with Crippen LogP contribution in [-0.2, 0) is 4.79 Å². The predicted molar refractivity (Wildman–Crippen MR) is 81.0 cm³/mol. The zero-order valence-electron chi connectivity index (χ0n) is 12.9. The Hall–Kier alpha value is -1.82. The summed E-state index contributed by atoms with van der Waals surface area (Å²) in [6.07, 6.45) is 2.84. The molecule has 0 aromatic heterocycles. The largest absolute Gasteiger partial charge is 0.341 e. The first kappa shape index (κ1) is 16.1. The third-order valence-corrected chi connectivity index (χ3v) is 4.73. The molecule has 3 rings (SSSR count). The van der Waals surface area contributed by atoms with Gasteiger partial charge < -0.3 is 10.2 Å². The summed E-state index contributed by atoms with van der Waals surface area (Å²) in [4.78, 5) is 26.5. The van der Waals surface area contributed by atoms with Crippen molar-refractivity contribution >= 4 is 11.7 Å². The molecule has 2 heterocycles. The number of piperidine rings is 1. The molecule has 2 aliphatic rings. The van der Waals surface area contributed by atoms with Crippen molar-refractivity contribution in [1.29, 1.82) is 0 Å². The number of hydrogen-bond acceptors (Lipinski definition) is 3. The highest BCUT2D eigenvalue weighted by Crippen LogP contribution is 2.24. The minimum absolute atomic E-state index is 0.0883. The van der Waals surface area contributed by atoms with Crippen LogP contribution in [0.25, 0.3) is 0 Å². The molecule has 1 aromatic carbocycles. The molecule has 2 fully saturated rings. The van der Waals surface area contributed by atoms with E-state index in [-0.39, 0.29) is 29.2 Å². The summed E-state index contributed by atoms with van der Waals surface area (Å²) in [5.74, 6) is -1.94. The van der Waals surface area contributed by atoms with E-state index >= 15 is 0 Å². The van der Waals surface area contributed by atoms with Gasteiger partial charge >= 0.3 is 0 Å². The molecule has 2 saturated heterocycles. The topological polar surface area (TPSA) is 49.4 Å². The van der Waals surface area contributed by atoms with Gasteiger partial charge in [0.05, 0.1) is 11.6 Å². The number of likely N-dealkylation sites (tertiary alicyclic amines) is 1. The van der Waals surface area contributed by atoms with Crippen LogP contribution in [0.2, 0.25) is 0 Å². The number of Topliss-reactive ketones (excluding diaryl/α,β-unsaturated/α-hetero) is 1. The van der Waals surface area contributed by atoms with E-state index in [0.29, 0.717) is 25.9 Å². The summed E-state index contributed by atoms with van der Waals surface area (Å²) in [5.41, 5.74) is -0.188. The van der Waals surface area contributed by atoms with Crippen molar-refractivity contribution in [3.63, 3.8) is 0 Å². The first-order valence-electron chi connectivity index (χ1n) is 8.07. The zero-order chi connectivity index (χ0) is 16.4. The Kier molecular flexibility index (Phi) is 4.71. The monoisotopic (exact) mass is 322 g/mol. The molecule has 2 aliphatic heterocycles. The number of halogens is 2. The Morgan fingerprint density at radius 2 is 1.87 bits per heavy atom. The zero-order valence-corrected chi connectivity index (χ0v) is 12.9. The van der Waals surface area contributed by atoms with Crippen molar-refractivity contribution in [1.82, 2.24) is 10.2 Å². The number of ketones is 1. The fraction of sp³-hybridized carbons (Fsp3) is 0.529. The molecule has 1 N–H and O–H groups in total. The average molecular weight is 322 g/mol. The summed E-state index contributed by atoms with van der Waals surface area (Å²) >= 11 is 0. The number of hydrogen-bond donors (Lipinski definition) is 1. The lowest BCUT2D eigenvalue weighted by atomic mass is 9.88. The number of nitrogens with one attached hydrogen (secondary N) is 1. The van der Waals surface area contributed by atoms with Crippen LogP contribution in [0, 0.1) is 17.6 Å². The second kappa shape index (κ2) is 6.74. The molecule has 0 spiro atoms. The minimum atomic E-state index is -0.690. The van der Waals surface area contributed by atoms with Crippen molar-refractivity contribution in [2.24, 2.45) is 5.92 Å². The second-order valence-electron chi connectivity index (χ2n) is 6.24. The molecule has 4 nitrogen and oxygen atoms in total. The molecular weight excluding hydrogens is 302 g/mol. The fourth-order valence-electron chi connectivity index (χ4n) is 3.38. The summed E-state index contributed by atoms with van der Waals surface area (Å²) in [6.45, 7) is 1.85. The maximum Gasteiger partial charge on any atom is 0.239 e. The highest BCUT2D eigenvalue weighted by atomic mass is 19.1. The van der Waals surface area contributed by atoms with Gasteiger partial charge in [0.25, 0.3) is 0 Å². The number of carbonyl (C=O) groups is 2.